The molecule has 0 aliphatic carbocycles. The minimum atomic E-state index is -0.791. The van der Waals surface area contributed by atoms with Gasteiger partial charge in [0.1, 0.15) is 0 Å². The normalized spacial score (nSPS) is 9.55. The fourth-order valence-corrected chi connectivity index (χ4v) is 0.456. The van der Waals surface area contributed by atoms with Crippen LogP contribution in [0.25, 0.3) is 0 Å². The number of carbonyl (C=O) groups is 2. The number of nitrogens with one attached hydrogen (secondary N) is 1. The first-order valence-corrected chi connectivity index (χ1v) is 3.28. The van der Waals surface area contributed by atoms with E-state index in [-0.39, 0.29) is 6.04 Å². The third kappa shape index (κ3) is 2.55. The molecule has 0 atom stereocenters. The molecule has 0 aromatic carbocycles. The van der Waals surface area contributed by atoms with E-state index in [1.165, 1.54) is 4.90 Å². The van der Waals surface area contributed by atoms with Crippen molar-refractivity contribution in [3.8, 4) is 0 Å². The summed E-state index contributed by atoms with van der Waals surface area (Å²) in [5, 5.41) is 0. The zero-order valence-corrected chi connectivity index (χ0v) is 6.92. The van der Waals surface area contributed by atoms with Crippen LogP contribution in [0.4, 0.5) is 0 Å². The highest BCUT2D eigenvalue weighted by atomic mass is 16.2. The van der Waals surface area contributed by atoms with Crippen molar-refractivity contribution in [1.82, 2.24) is 10.3 Å². The van der Waals surface area contributed by atoms with E-state index in [2.05, 4.69) is 0 Å². The smallest absolute Gasteiger partial charge is 0.323 e. The molecule has 0 aromatic rings. The van der Waals surface area contributed by atoms with Crippen LogP contribution in [0.5, 0.6) is 0 Å². The number of hydrogen-bond donors (Lipinski definition) is 2. The van der Waals surface area contributed by atoms with Crippen LogP contribution in [0.15, 0.2) is 0 Å². The van der Waals surface area contributed by atoms with Crippen LogP contribution in [0.1, 0.15) is 13.8 Å². The zero-order chi connectivity index (χ0) is 9.02. The van der Waals surface area contributed by atoms with E-state index < -0.39 is 11.8 Å². The molecular formula is C6H13N3O2. The highest BCUT2D eigenvalue weighted by Gasteiger charge is 2.18. The molecule has 3 N–H and O–H groups in total. The molecule has 5 heteroatoms. The first-order valence-electron chi connectivity index (χ1n) is 3.28. The lowest BCUT2D eigenvalue weighted by molar-refractivity contribution is -0.146. The maximum absolute atomic E-state index is 10.9. The summed E-state index contributed by atoms with van der Waals surface area (Å²) >= 11 is 0. The van der Waals surface area contributed by atoms with E-state index >= 15 is 0 Å². The van der Waals surface area contributed by atoms with E-state index in [0.717, 1.165) is 0 Å². The van der Waals surface area contributed by atoms with Gasteiger partial charge < -0.3 is 4.90 Å². The first-order chi connectivity index (χ1) is 5.00. The number of rotatable bonds is 1. The fraction of sp³-hybridized carbons (Fsp3) is 0.667. The Kier molecular flexibility index (Phi) is 3.53. The lowest BCUT2D eigenvalue weighted by Gasteiger charge is -2.19. The van der Waals surface area contributed by atoms with E-state index in [1.807, 2.05) is 13.8 Å². The molecule has 64 valence electrons. The van der Waals surface area contributed by atoms with E-state index in [9.17, 15) is 9.59 Å². The van der Waals surface area contributed by atoms with E-state index in [1.54, 1.807) is 12.5 Å². The van der Waals surface area contributed by atoms with Gasteiger partial charge in [0.2, 0.25) is 0 Å². The number of hydrogen-bond acceptors (Lipinski definition) is 3. The van der Waals surface area contributed by atoms with Crippen molar-refractivity contribution < 1.29 is 9.59 Å². The van der Waals surface area contributed by atoms with Gasteiger partial charge in [0.25, 0.3) is 0 Å². The van der Waals surface area contributed by atoms with Crippen LogP contribution in [-0.2, 0) is 9.59 Å². The van der Waals surface area contributed by atoms with Crippen LogP contribution in [0.2, 0.25) is 0 Å². The molecule has 0 saturated heterocycles. The van der Waals surface area contributed by atoms with Gasteiger partial charge in [0.15, 0.2) is 0 Å². The predicted molar refractivity (Wildman–Crippen MR) is 40.2 cm³/mol. The van der Waals surface area contributed by atoms with Crippen LogP contribution in [-0.4, -0.2) is 29.8 Å². The monoisotopic (exact) mass is 159 g/mol. The Morgan fingerprint density at radius 2 is 1.91 bits per heavy atom. The average molecular weight is 159 g/mol. The summed E-state index contributed by atoms with van der Waals surface area (Å²) in [6, 6.07) is -0.000185. The van der Waals surface area contributed by atoms with Crippen molar-refractivity contribution in [3.63, 3.8) is 0 Å². The number of hydrazine groups is 1. The van der Waals surface area contributed by atoms with Crippen molar-refractivity contribution in [3.05, 3.63) is 0 Å². The van der Waals surface area contributed by atoms with Gasteiger partial charge in [-0.1, -0.05) is 0 Å². The lowest BCUT2D eigenvalue weighted by Crippen LogP contribution is -2.46. The van der Waals surface area contributed by atoms with Crippen molar-refractivity contribution in [2.45, 2.75) is 19.9 Å². The summed E-state index contributed by atoms with van der Waals surface area (Å²) in [5.74, 6) is 3.35. The van der Waals surface area contributed by atoms with Gasteiger partial charge in [0.05, 0.1) is 0 Å². The maximum atomic E-state index is 10.9. The van der Waals surface area contributed by atoms with Gasteiger partial charge in [-0.05, 0) is 13.8 Å². The highest BCUT2D eigenvalue weighted by molar-refractivity contribution is 6.34. The topological polar surface area (TPSA) is 75.4 Å². The number of carbonyl (C=O) groups excluding carboxylic acids is 2. The van der Waals surface area contributed by atoms with Gasteiger partial charge in [0, 0.05) is 13.1 Å². The molecule has 0 aliphatic rings. The summed E-state index contributed by atoms with van der Waals surface area (Å²) in [7, 11) is 1.54. The minimum Gasteiger partial charge on any atom is -0.335 e. The molecule has 0 fully saturated rings. The maximum Gasteiger partial charge on any atom is 0.323 e. The van der Waals surface area contributed by atoms with Crippen LogP contribution < -0.4 is 11.3 Å². The van der Waals surface area contributed by atoms with E-state index in [0.29, 0.717) is 0 Å². The quantitative estimate of drug-likeness (QED) is 0.219. The fourth-order valence-electron chi connectivity index (χ4n) is 0.456. The Morgan fingerprint density at radius 3 is 2.18 bits per heavy atom. The summed E-state index contributed by atoms with van der Waals surface area (Å²) in [4.78, 5) is 22.9. The molecule has 0 radical (unpaired) electrons. The van der Waals surface area contributed by atoms with Gasteiger partial charge in [-0.25, -0.2) is 5.84 Å². The van der Waals surface area contributed by atoms with Gasteiger partial charge in [-0.2, -0.15) is 0 Å². The molecule has 0 aromatic heterocycles. The number of nitrogens with two attached hydrogens (primary N) is 1. The van der Waals surface area contributed by atoms with Gasteiger partial charge in [-0.15, -0.1) is 0 Å². The number of likely N-dealkylation sites (N-methyl/N-ethyl adjacent to an activating group) is 1. The summed E-state index contributed by atoms with van der Waals surface area (Å²) in [6.07, 6.45) is 0. The molecule has 5 nitrogen and oxygen atoms in total. The minimum absolute atomic E-state index is 0.000185. The molecule has 0 aliphatic heterocycles. The SMILES string of the molecule is CC(C)N(C)C(=O)C(=O)NN. The Bertz CT molecular complexity index is 167. The second kappa shape index (κ2) is 3.92. The summed E-state index contributed by atoms with van der Waals surface area (Å²) < 4.78 is 0. The molecule has 0 bridgehead atoms. The Hall–Kier alpha value is -1.10. The lowest BCUT2D eigenvalue weighted by atomic mass is 10.3. The van der Waals surface area contributed by atoms with Crippen LogP contribution in [0.3, 0.4) is 0 Å². The summed E-state index contributed by atoms with van der Waals surface area (Å²) in [5.41, 5.74) is 1.77. The summed E-state index contributed by atoms with van der Waals surface area (Å²) in [6.45, 7) is 3.61. The predicted octanol–water partition coefficient (Wildman–Crippen LogP) is -1.16. The average Bonchev–Trinajstić information content (AvgIpc) is 2.00. The molecular weight excluding hydrogens is 146 g/mol. The molecule has 2 amide bonds. The Morgan fingerprint density at radius 1 is 1.45 bits per heavy atom. The number of amides is 2. The third-order valence-electron chi connectivity index (χ3n) is 1.42. The molecule has 0 unspecified atom stereocenters. The van der Waals surface area contributed by atoms with Crippen LogP contribution in [0, 0.1) is 0 Å². The third-order valence-corrected chi connectivity index (χ3v) is 1.42. The Labute approximate surface area is 65.5 Å². The molecule has 0 heterocycles. The first kappa shape index (κ1) is 9.90. The second-order valence-corrected chi connectivity index (χ2v) is 2.48. The largest absolute Gasteiger partial charge is 0.335 e. The van der Waals surface area contributed by atoms with E-state index in [4.69, 9.17) is 5.84 Å². The number of nitrogens with zero attached hydrogens (tertiary/aromatic N) is 1. The standard InChI is InChI=1S/C6H13N3O2/c1-4(2)9(3)6(11)5(10)8-7/h4H,7H2,1-3H3,(H,8,10). The van der Waals surface area contributed by atoms with Gasteiger partial charge >= 0.3 is 11.8 Å². The van der Waals surface area contributed by atoms with Gasteiger partial charge in [-0.3, -0.25) is 15.0 Å². The molecule has 11 heavy (non-hydrogen) atoms. The molecule has 0 spiro atoms. The van der Waals surface area contributed by atoms with Crippen molar-refractivity contribution in [2.75, 3.05) is 7.05 Å². The second-order valence-electron chi connectivity index (χ2n) is 2.48. The van der Waals surface area contributed by atoms with Crippen molar-refractivity contribution in [1.29, 1.82) is 0 Å². The van der Waals surface area contributed by atoms with Crippen LogP contribution >= 0.6 is 0 Å². The highest BCUT2D eigenvalue weighted by Crippen LogP contribution is 1.93. The molecule has 0 rings (SSSR count). The van der Waals surface area contributed by atoms with Crippen molar-refractivity contribution in [2.24, 2.45) is 5.84 Å². The molecule has 0 saturated carbocycles. The van der Waals surface area contributed by atoms with Crippen molar-refractivity contribution >= 4 is 11.8 Å². The zero-order valence-electron chi connectivity index (χ0n) is 6.92. The Balaban J connectivity index is 4.14.